The number of rotatable bonds is 4. The zero-order chi connectivity index (χ0) is 8.65. The average molecular weight is 168 g/mol. The summed E-state index contributed by atoms with van der Waals surface area (Å²) in [5, 5.41) is 3.10. The third kappa shape index (κ3) is 3.88. The van der Waals surface area contributed by atoms with Crippen molar-refractivity contribution in [2.24, 2.45) is 0 Å². The highest BCUT2D eigenvalue weighted by molar-refractivity contribution is 4.86. The van der Waals surface area contributed by atoms with Crippen LogP contribution in [-0.4, -0.2) is 38.1 Å². The summed E-state index contributed by atoms with van der Waals surface area (Å²) in [7, 11) is 1.98. The second-order valence-electron chi connectivity index (χ2n) is 3.39. The Morgan fingerprint density at radius 2 is 1.92 bits per heavy atom. The van der Waals surface area contributed by atoms with Crippen LogP contribution in [0.3, 0.4) is 0 Å². The Kier molecular flexibility index (Phi) is 5.04. The number of likely N-dealkylation sites (tertiary alicyclic amines) is 1. The van der Waals surface area contributed by atoms with Gasteiger partial charge in [0.25, 0.3) is 0 Å². The lowest BCUT2D eigenvalue weighted by Crippen LogP contribution is -2.29. The quantitative estimate of drug-likeness (QED) is 0.636. The van der Waals surface area contributed by atoms with Crippen molar-refractivity contribution < 1.29 is 0 Å². The Balaban J connectivity index is 2.04. The van der Waals surface area contributed by atoms with E-state index in [1.807, 2.05) is 7.05 Å². The van der Waals surface area contributed by atoms with Crippen LogP contribution in [0.15, 0.2) is 12.2 Å². The number of hydrogen-bond donors (Lipinski definition) is 1. The Bertz CT molecular complexity index is 126. The minimum absolute atomic E-state index is 0.994. The molecule has 1 fully saturated rings. The molecular weight excluding hydrogens is 148 g/mol. The van der Waals surface area contributed by atoms with Crippen LogP contribution in [0, 0.1) is 0 Å². The van der Waals surface area contributed by atoms with Crippen LogP contribution >= 0.6 is 0 Å². The largest absolute Gasteiger partial charge is 0.316 e. The minimum Gasteiger partial charge on any atom is -0.316 e. The summed E-state index contributed by atoms with van der Waals surface area (Å²) >= 11 is 0. The molecule has 1 aliphatic rings. The van der Waals surface area contributed by atoms with Gasteiger partial charge in [-0.3, -0.25) is 4.90 Å². The molecular formula is C10H20N2. The van der Waals surface area contributed by atoms with Crippen LogP contribution < -0.4 is 5.32 Å². The van der Waals surface area contributed by atoms with Crippen LogP contribution in [0.25, 0.3) is 0 Å². The smallest absolute Gasteiger partial charge is 0.0163 e. The van der Waals surface area contributed by atoms with Gasteiger partial charge < -0.3 is 5.32 Å². The molecule has 12 heavy (non-hydrogen) atoms. The lowest BCUT2D eigenvalue weighted by molar-refractivity contribution is 0.251. The summed E-state index contributed by atoms with van der Waals surface area (Å²) in [5.41, 5.74) is 0. The van der Waals surface area contributed by atoms with E-state index in [-0.39, 0.29) is 0 Å². The summed E-state index contributed by atoms with van der Waals surface area (Å²) in [6.07, 6.45) is 8.67. The number of piperidine rings is 1. The van der Waals surface area contributed by atoms with E-state index in [0.717, 1.165) is 13.1 Å². The van der Waals surface area contributed by atoms with E-state index in [0.29, 0.717) is 0 Å². The zero-order valence-corrected chi connectivity index (χ0v) is 8.05. The van der Waals surface area contributed by atoms with Gasteiger partial charge in [-0.25, -0.2) is 0 Å². The van der Waals surface area contributed by atoms with Crippen molar-refractivity contribution in [2.45, 2.75) is 19.3 Å². The molecule has 1 aliphatic heterocycles. The van der Waals surface area contributed by atoms with Crippen LogP contribution in [0.1, 0.15) is 19.3 Å². The number of nitrogens with zero attached hydrogens (tertiary/aromatic N) is 1. The highest BCUT2D eigenvalue weighted by Crippen LogP contribution is 2.07. The Morgan fingerprint density at radius 1 is 1.17 bits per heavy atom. The van der Waals surface area contributed by atoms with Crippen molar-refractivity contribution in [1.82, 2.24) is 10.2 Å². The Hall–Kier alpha value is -0.340. The van der Waals surface area contributed by atoms with Gasteiger partial charge in [0.15, 0.2) is 0 Å². The van der Waals surface area contributed by atoms with Crippen molar-refractivity contribution in [1.29, 1.82) is 0 Å². The maximum atomic E-state index is 3.10. The van der Waals surface area contributed by atoms with Crippen molar-refractivity contribution in [3.8, 4) is 0 Å². The first kappa shape index (κ1) is 9.75. The van der Waals surface area contributed by atoms with Crippen molar-refractivity contribution in [3.63, 3.8) is 0 Å². The summed E-state index contributed by atoms with van der Waals surface area (Å²) in [5.74, 6) is 0. The van der Waals surface area contributed by atoms with E-state index in [9.17, 15) is 0 Å². The average Bonchev–Trinajstić information content (AvgIpc) is 2.14. The molecule has 0 aliphatic carbocycles. The summed E-state index contributed by atoms with van der Waals surface area (Å²) in [4.78, 5) is 2.52. The van der Waals surface area contributed by atoms with Gasteiger partial charge in [-0.15, -0.1) is 0 Å². The fraction of sp³-hybridized carbons (Fsp3) is 0.800. The molecule has 0 aromatic rings. The Labute approximate surface area is 75.6 Å². The molecule has 1 rings (SSSR count). The minimum atomic E-state index is 0.994. The first-order chi connectivity index (χ1) is 5.93. The van der Waals surface area contributed by atoms with Crippen LogP contribution in [-0.2, 0) is 0 Å². The van der Waals surface area contributed by atoms with Crippen molar-refractivity contribution in [3.05, 3.63) is 12.2 Å². The predicted molar refractivity (Wildman–Crippen MR) is 53.4 cm³/mol. The fourth-order valence-electron chi connectivity index (χ4n) is 1.57. The molecule has 0 aromatic heterocycles. The lowest BCUT2D eigenvalue weighted by atomic mass is 10.1. The highest BCUT2D eigenvalue weighted by Gasteiger charge is 2.06. The molecule has 1 saturated heterocycles. The SMILES string of the molecule is CNCC=CCN1CCCCC1. The maximum absolute atomic E-state index is 3.10. The van der Waals surface area contributed by atoms with Crippen molar-refractivity contribution in [2.75, 3.05) is 33.2 Å². The molecule has 70 valence electrons. The van der Waals surface area contributed by atoms with Gasteiger partial charge in [0.1, 0.15) is 0 Å². The number of nitrogens with one attached hydrogen (secondary N) is 1. The van der Waals surface area contributed by atoms with Gasteiger partial charge in [-0.2, -0.15) is 0 Å². The molecule has 0 unspecified atom stereocenters. The third-order valence-corrected chi connectivity index (χ3v) is 2.30. The molecule has 0 bridgehead atoms. The molecule has 1 N–H and O–H groups in total. The molecule has 2 nitrogen and oxygen atoms in total. The molecule has 0 spiro atoms. The second kappa shape index (κ2) is 6.21. The maximum Gasteiger partial charge on any atom is 0.0163 e. The predicted octanol–water partition coefficient (Wildman–Crippen LogP) is 1.25. The lowest BCUT2D eigenvalue weighted by Gasteiger charge is -2.24. The summed E-state index contributed by atoms with van der Waals surface area (Å²) in [6, 6.07) is 0. The highest BCUT2D eigenvalue weighted by atomic mass is 15.1. The van der Waals surface area contributed by atoms with Gasteiger partial charge in [-0.1, -0.05) is 18.6 Å². The van der Waals surface area contributed by atoms with Gasteiger partial charge >= 0.3 is 0 Å². The molecule has 1 heterocycles. The third-order valence-electron chi connectivity index (χ3n) is 2.30. The molecule has 0 amide bonds. The van der Waals surface area contributed by atoms with E-state index >= 15 is 0 Å². The normalized spacial score (nSPS) is 20.4. The van der Waals surface area contributed by atoms with Gasteiger partial charge in [-0.05, 0) is 33.0 Å². The number of hydrogen-bond acceptors (Lipinski definition) is 2. The molecule has 0 radical (unpaired) electrons. The van der Waals surface area contributed by atoms with E-state index in [4.69, 9.17) is 0 Å². The topological polar surface area (TPSA) is 15.3 Å². The van der Waals surface area contributed by atoms with E-state index in [1.54, 1.807) is 0 Å². The van der Waals surface area contributed by atoms with Crippen LogP contribution in [0.4, 0.5) is 0 Å². The van der Waals surface area contributed by atoms with Gasteiger partial charge in [0, 0.05) is 13.1 Å². The van der Waals surface area contributed by atoms with E-state index in [1.165, 1.54) is 32.4 Å². The first-order valence-electron chi connectivity index (χ1n) is 4.95. The second-order valence-corrected chi connectivity index (χ2v) is 3.39. The van der Waals surface area contributed by atoms with Crippen LogP contribution in [0.2, 0.25) is 0 Å². The zero-order valence-electron chi connectivity index (χ0n) is 8.05. The monoisotopic (exact) mass is 168 g/mol. The van der Waals surface area contributed by atoms with Gasteiger partial charge in [0.2, 0.25) is 0 Å². The molecule has 2 heteroatoms. The molecule has 0 atom stereocenters. The molecule has 0 saturated carbocycles. The first-order valence-corrected chi connectivity index (χ1v) is 4.95. The van der Waals surface area contributed by atoms with Crippen molar-refractivity contribution >= 4 is 0 Å². The van der Waals surface area contributed by atoms with Gasteiger partial charge in [0.05, 0.1) is 0 Å². The fourth-order valence-corrected chi connectivity index (χ4v) is 1.57. The summed E-state index contributed by atoms with van der Waals surface area (Å²) < 4.78 is 0. The standard InChI is InChI=1S/C10H20N2/c1-11-7-3-6-10-12-8-4-2-5-9-12/h3,6,11H,2,4-5,7-10H2,1H3. The van der Waals surface area contributed by atoms with Crippen LogP contribution in [0.5, 0.6) is 0 Å². The molecule has 0 aromatic carbocycles. The van der Waals surface area contributed by atoms with E-state index < -0.39 is 0 Å². The number of likely N-dealkylation sites (N-methyl/N-ethyl adjacent to an activating group) is 1. The summed E-state index contributed by atoms with van der Waals surface area (Å²) in [6.45, 7) is 4.73. The van der Waals surface area contributed by atoms with E-state index in [2.05, 4.69) is 22.4 Å². The Morgan fingerprint density at radius 3 is 2.58 bits per heavy atom.